The predicted octanol–water partition coefficient (Wildman–Crippen LogP) is 27.0. The molecule has 0 atom stereocenters. The molecule has 0 aliphatic carbocycles. The van der Waals surface area contributed by atoms with E-state index < -0.39 is 11.7 Å². The largest absolute Gasteiger partial charge is 0.469 e. The number of allylic oxidation sites excluding steroid dienone is 1. The topological polar surface area (TPSA) is 53.7 Å². The molecule has 2 aromatic carbocycles. The molecule has 0 unspecified atom stereocenters. The first-order chi connectivity index (χ1) is 40.9. The van der Waals surface area contributed by atoms with Crippen LogP contribution in [-0.4, -0.2) is 24.5 Å². The molecule has 3 heterocycles. The minimum absolute atomic E-state index is 0.00419. The van der Waals surface area contributed by atoms with E-state index in [2.05, 4.69) is 236 Å². The molecular formula is C83H144F3NO4. The van der Waals surface area contributed by atoms with Gasteiger partial charge in [-0.3, -0.25) is 4.98 Å². The summed E-state index contributed by atoms with van der Waals surface area (Å²) in [6, 6.07) is 21.8. The molecule has 0 bridgehead atoms. The van der Waals surface area contributed by atoms with Crippen LogP contribution in [-0.2, 0) is 36.6 Å². The van der Waals surface area contributed by atoms with Crippen LogP contribution in [0.3, 0.4) is 0 Å². The summed E-state index contributed by atoms with van der Waals surface area (Å²) >= 11 is 0. The van der Waals surface area contributed by atoms with E-state index in [1.807, 2.05) is 63.4 Å². The zero-order valence-electron chi connectivity index (χ0n) is 65.2. The van der Waals surface area contributed by atoms with Crippen LogP contribution in [0.15, 0.2) is 102 Å². The molecule has 0 spiro atoms. The monoisotopic (exact) mass is 1280 g/mol. The fourth-order valence-corrected chi connectivity index (χ4v) is 8.75. The summed E-state index contributed by atoms with van der Waals surface area (Å²) in [6.45, 7) is 75.4. The van der Waals surface area contributed by atoms with Crippen LogP contribution in [0.1, 0.15) is 301 Å². The molecule has 1 aliphatic heterocycles. The van der Waals surface area contributed by atoms with Crippen molar-refractivity contribution in [1.29, 1.82) is 0 Å². The van der Waals surface area contributed by atoms with Crippen LogP contribution in [0, 0.1) is 67.0 Å². The molecule has 0 radical (unpaired) electrons. The number of halogens is 3. The van der Waals surface area contributed by atoms with Crippen molar-refractivity contribution in [2.45, 2.75) is 311 Å². The van der Waals surface area contributed by atoms with E-state index in [1.54, 1.807) is 12.3 Å². The van der Waals surface area contributed by atoms with Crippen LogP contribution in [0.25, 0.3) is 0 Å². The molecule has 4 aromatic rings. The van der Waals surface area contributed by atoms with Gasteiger partial charge in [-0.25, -0.2) is 0 Å². The standard InChI is InChI=1S/C12H15F3.C12H16O2.C11H17N.C10H22O.C9H14O.C8H18.C7H16.C7H14.C7H12/c1-11(2,3)8-9-5-4-6-10(7-9)12(13,14)15;1-12(2,3)7-9-4-5-10-11(6-9)14-8-13-10;1-11(2,3)8-7-10-6-4-5-9-12-10;1-9(2)11-8-6-7-10(3,4)5;1-9(2,3)7-8-5-4-6-10-8;1-7(2)6-8(3,4)5;3*1-5-6-7(2,3)4/h4-7H,8H2,1-3H3;4-6H,7-8H2,1-3H3;4-6,9H,7-8H2,1-3H3;9H,6-8H2,1-5H3;4-6H,7H2,1-3H3;7H,6H2,1-5H3;5-6H2,1-4H3;5H,1,6H2,2-4H3;1H,6H2,2-4H3. The molecule has 2 aromatic heterocycles. The number of nitrogens with zero attached hydrogens (tertiary/aromatic N) is 1. The molecule has 0 saturated carbocycles. The second kappa shape index (κ2) is 44.2. The number of ether oxygens (including phenoxy) is 3. The van der Waals surface area contributed by atoms with E-state index in [0.29, 0.717) is 62.6 Å². The van der Waals surface area contributed by atoms with Crippen molar-refractivity contribution >= 4 is 0 Å². The summed E-state index contributed by atoms with van der Waals surface area (Å²) in [5.41, 5.74) is 6.02. The summed E-state index contributed by atoms with van der Waals surface area (Å²) in [5.74, 6) is 6.27. The number of pyridine rings is 1. The van der Waals surface area contributed by atoms with Gasteiger partial charge in [-0.2, -0.15) is 13.2 Å². The minimum Gasteiger partial charge on any atom is -0.469 e. The van der Waals surface area contributed by atoms with Crippen molar-refractivity contribution in [2.24, 2.45) is 54.7 Å². The highest BCUT2D eigenvalue weighted by molar-refractivity contribution is 5.44. The van der Waals surface area contributed by atoms with Crippen molar-refractivity contribution < 1.29 is 31.8 Å². The Kier molecular flexibility index (Phi) is 45.2. The second-order valence-corrected chi connectivity index (χ2v) is 36.1. The first kappa shape index (κ1) is 92.9. The van der Waals surface area contributed by atoms with E-state index in [-0.39, 0.29) is 5.41 Å². The highest BCUT2D eigenvalue weighted by atomic mass is 19.4. The lowest BCUT2D eigenvalue weighted by Crippen LogP contribution is -2.11. The first-order valence-electron chi connectivity index (χ1n) is 34.0. The Labute approximate surface area is 562 Å². The molecule has 0 amide bonds. The van der Waals surface area contributed by atoms with Crippen LogP contribution < -0.4 is 9.47 Å². The average Bonchev–Trinajstić information content (AvgIpc) is 1.88. The molecule has 0 saturated heterocycles. The summed E-state index contributed by atoms with van der Waals surface area (Å²) in [5, 5.41) is 0. The fourth-order valence-electron chi connectivity index (χ4n) is 8.75. The van der Waals surface area contributed by atoms with Gasteiger partial charge in [0.2, 0.25) is 6.79 Å². The van der Waals surface area contributed by atoms with E-state index >= 15 is 0 Å². The Balaban J connectivity index is -0.000000475. The van der Waals surface area contributed by atoms with E-state index in [0.717, 1.165) is 73.5 Å². The Bertz CT molecular complexity index is 2430. The van der Waals surface area contributed by atoms with Crippen LogP contribution in [0.2, 0.25) is 0 Å². The normalized spacial score (nSPS) is 12.4. The summed E-state index contributed by atoms with van der Waals surface area (Å²) in [7, 11) is 0. The third-order valence-electron chi connectivity index (χ3n) is 12.2. The fraction of sp³-hybridized carbons (Fsp3) is 0.699. The number of terminal acetylenes is 1. The SMILES string of the molecule is C#CCC(C)(C)C.C=CCC(C)(C)C.CC(C)(C)CCc1ccccn1.CC(C)(C)Cc1ccc2c(c1)OCO2.CC(C)(C)Cc1cccc(C(F)(F)F)c1.CC(C)(C)Cc1ccco1.CC(C)CC(C)(C)C.CC(C)OCCCC(C)(C)C.CCCC(C)(C)C. The lowest BCUT2D eigenvalue weighted by molar-refractivity contribution is -0.137. The van der Waals surface area contributed by atoms with Gasteiger partial charge in [0.05, 0.1) is 17.9 Å². The van der Waals surface area contributed by atoms with Crippen LogP contribution >= 0.6 is 0 Å². The van der Waals surface area contributed by atoms with Gasteiger partial charge in [-0.15, -0.1) is 18.9 Å². The maximum Gasteiger partial charge on any atom is 0.416 e. The highest BCUT2D eigenvalue weighted by Crippen LogP contribution is 2.35. The maximum absolute atomic E-state index is 12.4. The lowest BCUT2D eigenvalue weighted by Gasteiger charge is -2.19. The van der Waals surface area contributed by atoms with Crippen molar-refractivity contribution in [3.8, 4) is 23.8 Å². The highest BCUT2D eigenvalue weighted by Gasteiger charge is 2.30. The van der Waals surface area contributed by atoms with Crippen molar-refractivity contribution in [2.75, 3.05) is 13.4 Å². The molecule has 526 valence electrons. The zero-order chi connectivity index (χ0) is 71.9. The average molecular weight is 1280 g/mol. The third-order valence-corrected chi connectivity index (χ3v) is 12.2. The molecule has 5 nitrogen and oxygen atoms in total. The lowest BCUT2D eigenvalue weighted by atomic mass is 9.86. The quantitative estimate of drug-likeness (QED) is 0.0804. The number of rotatable bonds is 12. The molecule has 91 heavy (non-hydrogen) atoms. The molecule has 0 N–H and O–H groups in total. The number of alkyl halides is 3. The summed E-state index contributed by atoms with van der Waals surface area (Å²) in [6.07, 6.45) is 20.1. The second-order valence-electron chi connectivity index (χ2n) is 36.1. The number of fused-ring (bicyclic) bond motifs is 1. The summed E-state index contributed by atoms with van der Waals surface area (Å²) in [4.78, 5) is 4.28. The van der Waals surface area contributed by atoms with Crippen LogP contribution in [0.4, 0.5) is 13.2 Å². The van der Waals surface area contributed by atoms with Crippen molar-refractivity contribution in [3.63, 3.8) is 0 Å². The number of benzene rings is 2. The molecule has 1 aliphatic rings. The number of hydrogen-bond donors (Lipinski definition) is 0. The van der Waals surface area contributed by atoms with Gasteiger partial charge < -0.3 is 18.6 Å². The van der Waals surface area contributed by atoms with Crippen molar-refractivity contribution in [1.82, 2.24) is 4.98 Å². The smallest absolute Gasteiger partial charge is 0.416 e. The number of aryl methyl sites for hydroxylation is 1. The van der Waals surface area contributed by atoms with Gasteiger partial charge in [0.15, 0.2) is 11.5 Å². The van der Waals surface area contributed by atoms with Gasteiger partial charge in [0.1, 0.15) is 5.76 Å². The van der Waals surface area contributed by atoms with Gasteiger partial charge >= 0.3 is 6.18 Å². The van der Waals surface area contributed by atoms with E-state index in [4.69, 9.17) is 25.1 Å². The Morgan fingerprint density at radius 3 is 1.41 bits per heavy atom. The van der Waals surface area contributed by atoms with E-state index in [9.17, 15) is 13.2 Å². The predicted molar refractivity (Wildman–Crippen MR) is 394 cm³/mol. The van der Waals surface area contributed by atoms with Crippen LogP contribution in [0.5, 0.6) is 11.5 Å². The van der Waals surface area contributed by atoms with Gasteiger partial charge in [0.25, 0.3) is 0 Å². The minimum atomic E-state index is -4.24. The molecule has 8 heteroatoms. The van der Waals surface area contributed by atoms with Crippen molar-refractivity contribution in [3.05, 3.63) is 126 Å². The molecule has 0 fully saturated rings. The zero-order valence-corrected chi connectivity index (χ0v) is 65.2. The summed E-state index contributed by atoms with van der Waals surface area (Å²) < 4.78 is 58.4. The number of aromatic nitrogens is 1. The molecule has 5 rings (SSSR count). The number of furan rings is 1. The Morgan fingerprint density at radius 2 is 1.08 bits per heavy atom. The van der Waals surface area contributed by atoms with Gasteiger partial charge in [-0.1, -0.05) is 251 Å². The first-order valence-corrected chi connectivity index (χ1v) is 34.0. The maximum atomic E-state index is 12.4. The van der Waals surface area contributed by atoms with Gasteiger partial charge in [0, 0.05) is 31.3 Å². The Morgan fingerprint density at radius 1 is 0.560 bits per heavy atom. The number of hydrogen-bond acceptors (Lipinski definition) is 5. The van der Waals surface area contributed by atoms with Gasteiger partial charge in [-0.05, 0) is 180 Å². The third kappa shape index (κ3) is 71.2. The van der Waals surface area contributed by atoms with E-state index in [1.165, 1.54) is 61.9 Å². The molecular weight excluding hydrogens is 1130 g/mol. The Hall–Kier alpha value is -4.48.